The van der Waals surface area contributed by atoms with Gasteiger partial charge in [-0.3, -0.25) is 9.69 Å². The Balaban J connectivity index is 1.39. The fourth-order valence-corrected chi connectivity index (χ4v) is 4.47. The van der Waals surface area contributed by atoms with Gasteiger partial charge >= 0.3 is 0 Å². The lowest BCUT2D eigenvalue weighted by molar-refractivity contribution is -0.115. The summed E-state index contributed by atoms with van der Waals surface area (Å²) in [5.41, 5.74) is 6.49. The smallest absolute Gasteiger partial charge is 0.251 e. The molecule has 0 bridgehead atoms. The second-order valence-corrected chi connectivity index (χ2v) is 9.39. The maximum Gasteiger partial charge on any atom is 0.251 e. The standard InChI is InChI=1S/C26H34N6O/c1-17-10-12-31(13-11-17)16-22-6-8-23(9-7-22)29-25(33)15-24-20(4)30-32(21(24)5)26-27-18(2)14-19(3)28-26/h6-9,14,17H,10-13,15-16H2,1-5H3,(H,29,33). The van der Waals surface area contributed by atoms with Crippen molar-refractivity contribution in [2.24, 2.45) is 5.92 Å². The SMILES string of the molecule is Cc1cc(C)nc(-n2nc(C)c(CC(=O)Nc3ccc(CN4CCC(C)CC4)cc3)c2C)n1. The molecule has 2 aromatic heterocycles. The van der Waals surface area contributed by atoms with Gasteiger partial charge in [-0.1, -0.05) is 19.1 Å². The topological polar surface area (TPSA) is 75.9 Å². The molecule has 0 spiro atoms. The van der Waals surface area contributed by atoms with Crippen molar-refractivity contribution in [2.75, 3.05) is 18.4 Å². The maximum absolute atomic E-state index is 12.8. The van der Waals surface area contributed by atoms with E-state index in [9.17, 15) is 4.79 Å². The first kappa shape index (κ1) is 23.1. The molecule has 0 saturated carbocycles. The van der Waals surface area contributed by atoms with Gasteiger partial charge in [0, 0.05) is 34.9 Å². The van der Waals surface area contributed by atoms with Crippen LogP contribution in [0.4, 0.5) is 5.69 Å². The Kier molecular flexibility index (Phi) is 6.88. The molecule has 3 aromatic rings. The average Bonchev–Trinajstić information content (AvgIpc) is 3.04. The van der Waals surface area contributed by atoms with Gasteiger partial charge in [-0.2, -0.15) is 5.10 Å². The quantitative estimate of drug-likeness (QED) is 0.611. The molecule has 7 heteroatoms. The van der Waals surface area contributed by atoms with Gasteiger partial charge in [0.1, 0.15) is 0 Å². The number of benzene rings is 1. The zero-order valence-corrected chi connectivity index (χ0v) is 20.4. The number of carbonyl (C=O) groups excluding carboxylic acids is 1. The molecular weight excluding hydrogens is 412 g/mol. The summed E-state index contributed by atoms with van der Waals surface area (Å²) in [7, 11) is 0. The van der Waals surface area contributed by atoms with Crippen molar-refractivity contribution in [2.45, 2.75) is 60.4 Å². The van der Waals surface area contributed by atoms with Gasteiger partial charge in [0.2, 0.25) is 5.91 Å². The molecule has 174 valence electrons. The van der Waals surface area contributed by atoms with Crippen molar-refractivity contribution in [1.82, 2.24) is 24.6 Å². The number of rotatable bonds is 6. The predicted octanol–water partition coefficient (Wildman–Crippen LogP) is 4.31. The number of aryl methyl sites for hydroxylation is 3. The van der Waals surface area contributed by atoms with Crippen LogP contribution in [0, 0.1) is 33.6 Å². The van der Waals surface area contributed by atoms with Crippen molar-refractivity contribution in [3.05, 3.63) is 64.2 Å². The molecule has 1 amide bonds. The molecule has 0 aliphatic carbocycles. The van der Waals surface area contributed by atoms with E-state index < -0.39 is 0 Å². The lowest BCUT2D eigenvalue weighted by Gasteiger charge is -2.30. The number of piperidine rings is 1. The summed E-state index contributed by atoms with van der Waals surface area (Å²) in [5, 5.41) is 7.63. The first-order chi connectivity index (χ1) is 15.8. The van der Waals surface area contributed by atoms with Crippen molar-refractivity contribution < 1.29 is 4.79 Å². The highest BCUT2D eigenvalue weighted by Crippen LogP contribution is 2.20. The van der Waals surface area contributed by atoms with Gasteiger partial charge in [-0.15, -0.1) is 0 Å². The number of nitrogens with one attached hydrogen (secondary N) is 1. The van der Waals surface area contributed by atoms with Crippen molar-refractivity contribution >= 4 is 11.6 Å². The number of hydrogen-bond acceptors (Lipinski definition) is 5. The van der Waals surface area contributed by atoms with Gasteiger partial charge in [0.15, 0.2) is 0 Å². The fourth-order valence-electron chi connectivity index (χ4n) is 4.47. The number of likely N-dealkylation sites (tertiary alicyclic amines) is 1. The highest BCUT2D eigenvalue weighted by molar-refractivity contribution is 5.92. The molecule has 1 aliphatic heterocycles. The predicted molar refractivity (Wildman–Crippen MR) is 131 cm³/mol. The zero-order chi connectivity index (χ0) is 23.5. The van der Waals surface area contributed by atoms with Crippen LogP contribution in [0.1, 0.15) is 53.7 Å². The Hall–Kier alpha value is -3.06. The first-order valence-electron chi connectivity index (χ1n) is 11.8. The normalized spacial score (nSPS) is 15.1. The van der Waals surface area contributed by atoms with Gasteiger partial charge < -0.3 is 5.32 Å². The summed E-state index contributed by atoms with van der Waals surface area (Å²) in [5.74, 6) is 1.32. The molecule has 33 heavy (non-hydrogen) atoms. The van der Waals surface area contributed by atoms with Crippen LogP contribution in [-0.2, 0) is 17.8 Å². The van der Waals surface area contributed by atoms with E-state index >= 15 is 0 Å². The minimum absolute atomic E-state index is 0.0557. The molecule has 0 unspecified atom stereocenters. The van der Waals surface area contributed by atoms with E-state index in [1.54, 1.807) is 4.68 Å². The number of amides is 1. The fraction of sp³-hybridized carbons (Fsp3) is 0.462. The van der Waals surface area contributed by atoms with E-state index in [1.807, 2.05) is 45.9 Å². The highest BCUT2D eigenvalue weighted by Gasteiger charge is 2.18. The summed E-state index contributed by atoms with van der Waals surface area (Å²) in [6, 6.07) is 10.1. The van der Waals surface area contributed by atoms with Crippen LogP contribution in [0.25, 0.3) is 5.95 Å². The van der Waals surface area contributed by atoms with Gasteiger partial charge in [-0.25, -0.2) is 14.6 Å². The molecule has 1 fully saturated rings. The third-order valence-electron chi connectivity index (χ3n) is 6.46. The minimum Gasteiger partial charge on any atom is -0.326 e. The van der Waals surface area contributed by atoms with Crippen molar-refractivity contribution in [3.8, 4) is 5.95 Å². The molecule has 7 nitrogen and oxygen atoms in total. The molecule has 1 N–H and O–H groups in total. The van der Waals surface area contributed by atoms with Crippen LogP contribution in [0.3, 0.4) is 0 Å². The van der Waals surface area contributed by atoms with E-state index in [4.69, 9.17) is 0 Å². The van der Waals surface area contributed by atoms with E-state index in [0.29, 0.717) is 5.95 Å². The van der Waals surface area contributed by atoms with Gasteiger partial charge in [0.05, 0.1) is 12.1 Å². The number of hydrogen-bond donors (Lipinski definition) is 1. The lowest BCUT2D eigenvalue weighted by Crippen LogP contribution is -2.32. The van der Waals surface area contributed by atoms with Crippen molar-refractivity contribution in [3.63, 3.8) is 0 Å². The molecule has 0 atom stereocenters. The van der Waals surface area contributed by atoms with Crippen LogP contribution in [0.2, 0.25) is 0 Å². The van der Waals surface area contributed by atoms with Crippen LogP contribution in [0.15, 0.2) is 30.3 Å². The van der Waals surface area contributed by atoms with Crippen LogP contribution >= 0.6 is 0 Å². The maximum atomic E-state index is 12.8. The number of anilines is 1. The van der Waals surface area contributed by atoms with Gasteiger partial charge in [0.25, 0.3) is 5.95 Å². The highest BCUT2D eigenvalue weighted by atomic mass is 16.1. The average molecular weight is 447 g/mol. The Morgan fingerprint density at radius 2 is 1.67 bits per heavy atom. The lowest BCUT2D eigenvalue weighted by atomic mass is 9.99. The molecule has 1 saturated heterocycles. The molecule has 3 heterocycles. The Morgan fingerprint density at radius 1 is 1.03 bits per heavy atom. The zero-order valence-electron chi connectivity index (χ0n) is 20.4. The molecule has 1 aliphatic rings. The molecular formula is C26H34N6O. The van der Waals surface area contributed by atoms with Crippen LogP contribution < -0.4 is 5.32 Å². The van der Waals surface area contributed by atoms with E-state index in [-0.39, 0.29) is 12.3 Å². The van der Waals surface area contributed by atoms with E-state index in [0.717, 1.165) is 46.5 Å². The first-order valence-corrected chi connectivity index (χ1v) is 11.8. The van der Waals surface area contributed by atoms with Crippen LogP contribution in [0.5, 0.6) is 0 Å². The minimum atomic E-state index is -0.0557. The summed E-state index contributed by atoms with van der Waals surface area (Å²) < 4.78 is 1.73. The molecule has 0 radical (unpaired) electrons. The van der Waals surface area contributed by atoms with E-state index in [1.165, 1.54) is 31.5 Å². The number of nitrogens with zero attached hydrogens (tertiary/aromatic N) is 5. The van der Waals surface area contributed by atoms with Gasteiger partial charge in [-0.05, 0) is 83.3 Å². The number of aromatic nitrogens is 4. The monoisotopic (exact) mass is 446 g/mol. The molecule has 4 rings (SSSR count). The second kappa shape index (κ2) is 9.83. The largest absolute Gasteiger partial charge is 0.326 e. The number of carbonyl (C=O) groups is 1. The third kappa shape index (κ3) is 5.66. The summed E-state index contributed by atoms with van der Waals surface area (Å²) in [6.45, 7) is 13.4. The summed E-state index contributed by atoms with van der Waals surface area (Å²) in [4.78, 5) is 24.3. The summed E-state index contributed by atoms with van der Waals surface area (Å²) >= 11 is 0. The Bertz CT molecular complexity index is 1110. The molecule has 1 aromatic carbocycles. The van der Waals surface area contributed by atoms with E-state index in [2.05, 4.69) is 44.3 Å². The third-order valence-corrected chi connectivity index (χ3v) is 6.46. The Morgan fingerprint density at radius 3 is 2.30 bits per heavy atom. The second-order valence-electron chi connectivity index (χ2n) is 9.39. The van der Waals surface area contributed by atoms with Crippen LogP contribution in [-0.4, -0.2) is 43.6 Å². The summed E-state index contributed by atoms with van der Waals surface area (Å²) in [6.07, 6.45) is 2.81. The Labute approximate surface area is 196 Å². The van der Waals surface area contributed by atoms with Crippen molar-refractivity contribution in [1.29, 1.82) is 0 Å².